The number of pyridine rings is 1. The van der Waals surface area contributed by atoms with Crippen LogP contribution in [0.1, 0.15) is 39.4 Å². The summed E-state index contributed by atoms with van der Waals surface area (Å²) < 4.78 is 4.68. The van der Waals surface area contributed by atoms with Crippen LogP contribution in [0.15, 0.2) is 72.9 Å². The Labute approximate surface area is 163 Å². The monoisotopic (exact) mass is 375 g/mol. The molecule has 1 heterocycles. The lowest BCUT2D eigenvalue weighted by atomic mass is 10.1. The highest BCUT2D eigenvalue weighted by Gasteiger charge is 2.12. The van der Waals surface area contributed by atoms with E-state index < -0.39 is 0 Å². The highest BCUT2D eigenvalue weighted by Crippen LogP contribution is 2.17. The van der Waals surface area contributed by atoms with Crippen molar-refractivity contribution in [1.82, 2.24) is 10.3 Å². The molecule has 6 heteroatoms. The van der Waals surface area contributed by atoms with Crippen LogP contribution in [0.3, 0.4) is 0 Å². The highest BCUT2D eigenvalue weighted by atomic mass is 16.5. The molecule has 1 aromatic heterocycles. The molecule has 0 bridgehead atoms. The van der Waals surface area contributed by atoms with Crippen molar-refractivity contribution in [2.24, 2.45) is 0 Å². The lowest BCUT2D eigenvalue weighted by Gasteiger charge is -2.14. The van der Waals surface area contributed by atoms with E-state index >= 15 is 0 Å². The minimum atomic E-state index is -0.381. The summed E-state index contributed by atoms with van der Waals surface area (Å²) in [5.41, 5.74) is 3.38. The van der Waals surface area contributed by atoms with Gasteiger partial charge in [0.1, 0.15) is 5.69 Å². The molecule has 0 aliphatic carbocycles. The second-order valence-corrected chi connectivity index (χ2v) is 6.23. The smallest absolute Gasteiger partial charge is 0.337 e. The number of nitrogens with zero attached hydrogens (tertiary/aromatic N) is 1. The van der Waals surface area contributed by atoms with Gasteiger partial charge in [-0.25, -0.2) is 9.78 Å². The minimum absolute atomic E-state index is 0.110. The fraction of sp³-hybridized carbons (Fsp3) is 0.136. The zero-order valence-electron chi connectivity index (χ0n) is 15.7. The molecule has 1 unspecified atom stereocenters. The summed E-state index contributed by atoms with van der Waals surface area (Å²) >= 11 is 0. The SMILES string of the molecule is COC(=O)c1ccc(Nc2ccc(C(=O)NC(C)c3ccccc3)nc2)cc1. The Morgan fingerprint density at radius 3 is 2.21 bits per heavy atom. The zero-order valence-corrected chi connectivity index (χ0v) is 15.7. The first-order valence-corrected chi connectivity index (χ1v) is 8.84. The molecule has 6 nitrogen and oxygen atoms in total. The number of anilines is 2. The van der Waals surface area contributed by atoms with Gasteiger partial charge in [0.25, 0.3) is 5.91 Å². The van der Waals surface area contributed by atoms with Gasteiger partial charge in [0.05, 0.1) is 30.6 Å². The second kappa shape index (κ2) is 8.81. The summed E-state index contributed by atoms with van der Waals surface area (Å²) in [6.45, 7) is 1.93. The number of ether oxygens (including phenoxy) is 1. The van der Waals surface area contributed by atoms with Crippen LogP contribution in [0.25, 0.3) is 0 Å². The molecule has 0 aliphatic rings. The van der Waals surface area contributed by atoms with Gasteiger partial charge in [-0.05, 0) is 48.9 Å². The molecule has 1 amide bonds. The maximum absolute atomic E-state index is 12.4. The predicted octanol–water partition coefficient (Wildman–Crippen LogP) is 4.10. The zero-order chi connectivity index (χ0) is 19.9. The lowest BCUT2D eigenvalue weighted by Crippen LogP contribution is -2.27. The molecular weight excluding hydrogens is 354 g/mol. The third-order valence-corrected chi connectivity index (χ3v) is 4.24. The van der Waals surface area contributed by atoms with Crippen molar-refractivity contribution < 1.29 is 14.3 Å². The van der Waals surface area contributed by atoms with E-state index in [-0.39, 0.29) is 17.9 Å². The average Bonchev–Trinajstić information content (AvgIpc) is 2.74. The average molecular weight is 375 g/mol. The van der Waals surface area contributed by atoms with Crippen molar-refractivity contribution in [2.45, 2.75) is 13.0 Å². The minimum Gasteiger partial charge on any atom is -0.465 e. The van der Waals surface area contributed by atoms with E-state index in [1.165, 1.54) is 7.11 Å². The number of aromatic nitrogens is 1. The van der Waals surface area contributed by atoms with E-state index in [9.17, 15) is 9.59 Å². The number of carbonyl (C=O) groups excluding carboxylic acids is 2. The molecule has 0 fully saturated rings. The maximum Gasteiger partial charge on any atom is 0.337 e. The molecular formula is C22H21N3O3. The molecule has 1 atom stereocenters. The topological polar surface area (TPSA) is 80.3 Å². The number of esters is 1. The number of benzene rings is 2. The quantitative estimate of drug-likeness (QED) is 0.634. The summed E-state index contributed by atoms with van der Waals surface area (Å²) in [7, 11) is 1.35. The standard InChI is InChI=1S/C22H21N3O3/c1-15(16-6-4-3-5-7-16)24-21(26)20-13-12-19(14-23-20)25-18-10-8-17(9-11-18)22(27)28-2/h3-15,25H,1-2H3,(H,24,26). The van der Waals surface area contributed by atoms with Crippen molar-refractivity contribution in [3.63, 3.8) is 0 Å². The van der Waals surface area contributed by atoms with E-state index in [0.29, 0.717) is 11.3 Å². The van der Waals surface area contributed by atoms with Crippen LogP contribution in [0.5, 0.6) is 0 Å². The fourth-order valence-corrected chi connectivity index (χ4v) is 2.67. The van der Waals surface area contributed by atoms with E-state index in [1.807, 2.05) is 37.3 Å². The Balaban J connectivity index is 1.61. The Hall–Kier alpha value is -3.67. The van der Waals surface area contributed by atoms with Crippen molar-refractivity contribution in [1.29, 1.82) is 0 Å². The number of hydrogen-bond acceptors (Lipinski definition) is 5. The van der Waals surface area contributed by atoms with Crippen molar-refractivity contribution in [3.8, 4) is 0 Å². The van der Waals surface area contributed by atoms with Crippen LogP contribution < -0.4 is 10.6 Å². The number of amides is 1. The van der Waals surface area contributed by atoms with Gasteiger partial charge in [0.2, 0.25) is 0 Å². The lowest BCUT2D eigenvalue weighted by molar-refractivity contribution is 0.0600. The molecule has 28 heavy (non-hydrogen) atoms. The van der Waals surface area contributed by atoms with Crippen LogP contribution in [0, 0.1) is 0 Å². The summed E-state index contributed by atoms with van der Waals surface area (Å²) in [6.07, 6.45) is 1.59. The van der Waals surface area contributed by atoms with Crippen molar-refractivity contribution in [3.05, 3.63) is 89.7 Å². The van der Waals surface area contributed by atoms with E-state index in [1.54, 1.807) is 42.6 Å². The van der Waals surface area contributed by atoms with E-state index in [4.69, 9.17) is 0 Å². The van der Waals surface area contributed by atoms with Crippen LogP contribution >= 0.6 is 0 Å². The Morgan fingerprint density at radius 1 is 0.929 bits per heavy atom. The molecule has 3 aromatic rings. The number of carbonyl (C=O) groups is 2. The van der Waals surface area contributed by atoms with Crippen molar-refractivity contribution in [2.75, 3.05) is 12.4 Å². The number of rotatable bonds is 6. The predicted molar refractivity (Wildman–Crippen MR) is 108 cm³/mol. The molecule has 0 saturated carbocycles. The van der Waals surface area contributed by atoms with Crippen LogP contribution in [-0.2, 0) is 4.74 Å². The van der Waals surface area contributed by atoms with Crippen LogP contribution in [0.2, 0.25) is 0 Å². The molecule has 2 N–H and O–H groups in total. The summed E-state index contributed by atoms with van der Waals surface area (Å²) in [5, 5.41) is 6.11. The van der Waals surface area contributed by atoms with Gasteiger partial charge in [-0.15, -0.1) is 0 Å². The van der Waals surface area contributed by atoms with Gasteiger partial charge in [0, 0.05) is 5.69 Å². The molecule has 2 aromatic carbocycles. The van der Waals surface area contributed by atoms with Gasteiger partial charge in [0.15, 0.2) is 0 Å². The molecule has 0 aliphatic heterocycles. The van der Waals surface area contributed by atoms with E-state index in [2.05, 4.69) is 20.4 Å². The molecule has 142 valence electrons. The Kier molecular flexibility index (Phi) is 6.01. The van der Waals surface area contributed by atoms with Gasteiger partial charge < -0.3 is 15.4 Å². The molecule has 0 radical (unpaired) electrons. The molecule has 0 saturated heterocycles. The first-order valence-electron chi connectivity index (χ1n) is 8.84. The second-order valence-electron chi connectivity index (χ2n) is 6.23. The van der Waals surface area contributed by atoms with Gasteiger partial charge in [-0.3, -0.25) is 4.79 Å². The summed E-state index contributed by atoms with van der Waals surface area (Å²) in [4.78, 5) is 28.1. The summed E-state index contributed by atoms with van der Waals surface area (Å²) in [5.74, 6) is -0.612. The Bertz CT molecular complexity index is 939. The largest absolute Gasteiger partial charge is 0.465 e. The van der Waals surface area contributed by atoms with Crippen LogP contribution in [-0.4, -0.2) is 24.0 Å². The number of methoxy groups -OCH3 is 1. The van der Waals surface area contributed by atoms with Gasteiger partial charge >= 0.3 is 5.97 Å². The van der Waals surface area contributed by atoms with Crippen molar-refractivity contribution >= 4 is 23.3 Å². The number of nitrogens with one attached hydrogen (secondary N) is 2. The molecule has 3 rings (SSSR count). The van der Waals surface area contributed by atoms with Gasteiger partial charge in [-0.1, -0.05) is 30.3 Å². The number of hydrogen-bond donors (Lipinski definition) is 2. The highest BCUT2D eigenvalue weighted by molar-refractivity contribution is 5.93. The Morgan fingerprint density at radius 2 is 1.61 bits per heavy atom. The third kappa shape index (κ3) is 4.73. The normalized spacial score (nSPS) is 11.4. The third-order valence-electron chi connectivity index (χ3n) is 4.24. The summed E-state index contributed by atoms with van der Waals surface area (Å²) in [6, 6.07) is 20.0. The fourth-order valence-electron chi connectivity index (χ4n) is 2.67. The van der Waals surface area contributed by atoms with Crippen LogP contribution in [0.4, 0.5) is 11.4 Å². The first-order chi connectivity index (χ1) is 13.6. The molecule has 0 spiro atoms. The van der Waals surface area contributed by atoms with E-state index in [0.717, 1.165) is 16.9 Å². The maximum atomic E-state index is 12.4. The van der Waals surface area contributed by atoms with Gasteiger partial charge in [-0.2, -0.15) is 0 Å². The first kappa shape index (κ1) is 19.1.